The van der Waals surface area contributed by atoms with E-state index >= 15 is 0 Å². The second-order valence-electron chi connectivity index (χ2n) is 7.84. The van der Waals surface area contributed by atoms with Crippen LogP contribution in [0.15, 0.2) is 57.2 Å². The van der Waals surface area contributed by atoms with E-state index in [9.17, 15) is 26.4 Å². The standard InChI is InChI=1S/C22H26N4O7S3/c1-4-5-12-25(2)36(31,32)16-8-6-15(7-9-16)21(28)24-22-26(14-20(27)33-3)18-11-10-17(35(23,29)30)13-19(18)34-22/h6-11,13H,4-5,12,14H2,1-3H3,(H2,23,29,30). The minimum absolute atomic E-state index is 0.0517. The Morgan fingerprint density at radius 1 is 1.08 bits per heavy atom. The molecule has 0 spiro atoms. The highest BCUT2D eigenvalue weighted by molar-refractivity contribution is 7.89. The van der Waals surface area contributed by atoms with E-state index in [1.165, 1.54) is 65.5 Å². The molecule has 0 unspecified atom stereocenters. The van der Waals surface area contributed by atoms with Gasteiger partial charge < -0.3 is 9.30 Å². The van der Waals surface area contributed by atoms with Crippen molar-refractivity contribution in [1.29, 1.82) is 0 Å². The van der Waals surface area contributed by atoms with Crippen molar-refractivity contribution in [3.63, 3.8) is 0 Å². The zero-order chi connectivity index (χ0) is 26.7. The molecule has 14 heteroatoms. The summed E-state index contributed by atoms with van der Waals surface area (Å²) >= 11 is 0.994. The van der Waals surface area contributed by atoms with Gasteiger partial charge in [0.05, 0.1) is 27.1 Å². The summed E-state index contributed by atoms with van der Waals surface area (Å²) in [5, 5.41) is 5.21. The Balaban J connectivity index is 2.02. The lowest BCUT2D eigenvalue weighted by atomic mass is 10.2. The van der Waals surface area contributed by atoms with E-state index in [1.54, 1.807) is 0 Å². The molecule has 1 heterocycles. The fourth-order valence-corrected chi connectivity index (χ4v) is 6.15. The van der Waals surface area contributed by atoms with Crippen LogP contribution in [0.5, 0.6) is 0 Å². The van der Waals surface area contributed by atoms with Crippen molar-refractivity contribution < 1.29 is 31.2 Å². The van der Waals surface area contributed by atoms with Crippen molar-refractivity contribution in [3.8, 4) is 0 Å². The van der Waals surface area contributed by atoms with Gasteiger partial charge in [-0.2, -0.15) is 4.99 Å². The van der Waals surface area contributed by atoms with Crippen molar-refractivity contribution >= 4 is 53.5 Å². The number of ether oxygens (including phenoxy) is 1. The number of carbonyl (C=O) groups excluding carboxylic acids is 2. The van der Waals surface area contributed by atoms with Crippen molar-refractivity contribution in [2.45, 2.75) is 36.1 Å². The van der Waals surface area contributed by atoms with Crippen molar-refractivity contribution in [2.75, 3.05) is 20.7 Å². The number of nitrogens with two attached hydrogens (primary N) is 1. The van der Waals surface area contributed by atoms with Gasteiger partial charge >= 0.3 is 5.97 Å². The summed E-state index contributed by atoms with van der Waals surface area (Å²) in [5.74, 6) is -1.27. The third-order valence-corrected chi connectivity index (χ3v) is 9.15. The molecule has 0 aliphatic rings. The molecular weight excluding hydrogens is 528 g/mol. The number of methoxy groups -OCH3 is 1. The summed E-state index contributed by atoms with van der Waals surface area (Å²) < 4.78 is 56.7. The fraction of sp³-hybridized carbons (Fsp3) is 0.318. The van der Waals surface area contributed by atoms with E-state index < -0.39 is 31.9 Å². The minimum Gasteiger partial charge on any atom is -0.468 e. The quantitative estimate of drug-likeness (QED) is 0.394. The smallest absolute Gasteiger partial charge is 0.325 e. The number of unbranched alkanes of at least 4 members (excludes halogenated alkanes) is 1. The van der Waals surface area contributed by atoms with Crippen molar-refractivity contribution in [2.24, 2.45) is 10.1 Å². The third-order valence-electron chi connectivity index (χ3n) is 5.33. The van der Waals surface area contributed by atoms with Crippen LogP contribution in [0.2, 0.25) is 0 Å². The summed E-state index contributed by atoms with van der Waals surface area (Å²) in [7, 11) is -4.94. The number of rotatable bonds is 9. The second kappa shape index (κ2) is 11.0. The average Bonchev–Trinajstić information content (AvgIpc) is 3.17. The number of thiazole rings is 1. The van der Waals surface area contributed by atoms with Crippen LogP contribution in [0.3, 0.4) is 0 Å². The molecule has 1 aromatic heterocycles. The number of primary sulfonamides is 1. The van der Waals surface area contributed by atoms with Gasteiger partial charge in [-0.25, -0.2) is 26.3 Å². The molecule has 1 amide bonds. The highest BCUT2D eigenvalue weighted by Crippen LogP contribution is 2.22. The van der Waals surface area contributed by atoms with Gasteiger partial charge in [0.1, 0.15) is 6.54 Å². The lowest BCUT2D eigenvalue weighted by molar-refractivity contribution is -0.141. The van der Waals surface area contributed by atoms with Crippen LogP contribution >= 0.6 is 11.3 Å². The van der Waals surface area contributed by atoms with E-state index in [4.69, 9.17) is 9.88 Å². The molecule has 36 heavy (non-hydrogen) atoms. The predicted molar refractivity (Wildman–Crippen MR) is 134 cm³/mol. The van der Waals surface area contributed by atoms with Crippen LogP contribution in [-0.4, -0.2) is 58.3 Å². The summed E-state index contributed by atoms with van der Waals surface area (Å²) in [4.78, 5) is 29.0. The highest BCUT2D eigenvalue weighted by atomic mass is 32.2. The Bertz CT molecular complexity index is 1570. The summed E-state index contributed by atoms with van der Waals surface area (Å²) in [6.07, 6.45) is 1.58. The molecule has 0 radical (unpaired) electrons. The minimum atomic E-state index is -3.96. The van der Waals surface area contributed by atoms with E-state index in [0.717, 1.165) is 24.2 Å². The number of esters is 1. The third kappa shape index (κ3) is 6.07. The summed E-state index contributed by atoms with van der Waals surface area (Å²) in [6, 6.07) is 9.50. The maximum absolute atomic E-state index is 12.9. The monoisotopic (exact) mass is 554 g/mol. The maximum atomic E-state index is 12.9. The first kappa shape index (κ1) is 27.7. The molecule has 3 rings (SSSR count). The molecule has 194 valence electrons. The fourth-order valence-electron chi connectivity index (χ4n) is 3.26. The van der Waals surface area contributed by atoms with Gasteiger partial charge in [0.2, 0.25) is 20.0 Å². The first-order chi connectivity index (χ1) is 16.9. The Morgan fingerprint density at radius 3 is 2.31 bits per heavy atom. The lowest BCUT2D eigenvalue weighted by Gasteiger charge is -2.16. The van der Waals surface area contributed by atoms with Crippen LogP contribution in [0.25, 0.3) is 10.2 Å². The molecule has 11 nitrogen and oxygen atoms in total. The molecule has 0 bridgehead atoms. The van der Waals surface area contributed by atoms with E-state index in [1.807, 2.05) is 6.92 Å². The SMILES string of the molecule is CCCCN(C)S(=O)(=O)c1ccc(C(=O)N=c2sc3cc(S(N)(=O)=O)ccc3n2CC(=O)OC)cc1. The molecule has 3 aromatic rings. The van der Waals surface area contributed by atoms with E-state index in [-0.39, 0.29) is 26.7 Å². The molecule has 2 N–H and O–H groups in total. The number of hydrogen-bond donors (Lipinski definition) is 1. The van der Waals surface area contributed by atoms with Gasteiger partial charge in [-0.1, -0.05) is 24.7 Å². The number of hydrogen-bond acceptors (Lipinski definition) is 8. The number of fused-ring (bicyclic) bond motifs is 1. The van der Waals surface area contributed by atoms with Gasteiger partial charge in [-0.05, 0) is 48.9 Å². The number of nitrogens with zero attached hydrogens (tertiary/aromatic N) is 3. The number of aromatic nitrogens is 1. The zero-order valence-electron chi connectivity index (χ0n) is 19.9. The maximum Gasteiger partial charge on any atom is 0.325 e. The van der Waals surface area contributed by atoms with E-state index in [2.05, 4.69) is 4.99 Å². The molecule has 0 saturated carbocycles. The normalized spacial score (nSPS) is 12.9. The van der Waals surface area contributed by atoms with Gasteiger partial charge in [0, 0.05) is 19.2 Å². The van der Waals surface area contributed by atoms with Gasteiger partial charge in [0.25, 0.3) is 5.91 Å². The van der Waals surface area contributed by atoms with Gasteiger partial charge in [0.15, 0.2) is 4.80 Å². The molecule has 0 aliphatic carbocycles. The highest BCUT2D eigenvalue weighted by Gasteiger charge is 2.21. The Hall–Kier alpha value is -2.91. The number of carbonyl (C=O) groups is 2. The van der Waals surface area contributed by atoms with Crippen molar-refractivity contribution in [3.05, 3.63) is 52.8 Å². The zero-order valence-corrected chi connectivity index (χ0v) is 22.3. The van der Waals surface area contributed by atoms with Gasteiger partial charge in [-0.15, -0.1) is 0 Å². The lowest BCUT2D eigenvalue weighted by Crippen LogP contribution is -2.27. The van der Waals surface area contributed by atoms with Crippen LogP contribution in [0.1, 0.15) is 30.1 Å². The van der Waals surface area contributed by atoms with Crippen LogP contribution in [0, 0.1) is 0 Å². The molecule has 0 atom stereocenters. The molecule has 0 saturated heterocycles. The summed E-state index contributed by atoms with van der Waals surface area (Å²) in [6.45, 7) is 2.08. The molecular formula is C22H26N4O7S3. The molecule has 0 fully saturated rings. The van der Waals surface area contributed by atoms with Crippen LogP contribution < -0.4 is 9.94 Å². The Kier molecular flexibility index (Phi) is 8.46. The first-order valence-electron chi connectivity index (χ1n) is 10.8. The predicted octanol–water partition coefficient (Wildman–Crippen LogP) is 1.68. The number of amides is 1. The molecule has 2 aromatic carbocycles. The second-order valence-corrected chi connectivity index (χ2v) is 12.5. The Labute approximate surface area is 212 Å². The topological polar surface area (TPSA) is 158 Å². The number of benzene rings is 2. The van der Waals surface area contributed by atoms with E-state index in [0.29, 0.717) is 16.8 Å². The summed E-state index contributed by atoms with van der Waals surface area (Å²) in [5.41, 5.74) is 0.596. The van der Waals surface area contributed by atoms with Gasteiger partial charge in [-0.3, -0.25) is 9.59 Å². The first-order valence-corrected chi connectivity index (χ1v) is 14.6. The average molecular weight is 555 g/mol. The largest absolute Gasteiger partial charge is 0.468 e. The van der Waals surface area contributed by atoms with Crippen LogP contribution in [0.4, 0.5) is 0 Å². The van der Waals surface area contributed by atoms with Crippen LogP contribution in [-0.2, 0) is 36.1 Å². The molecule has 0 aliphatic heterocycles. The van der Waals surface area contributed by atoms with Crippen molar-refractivity contribution in [1.82, 2.24) is 8.87 Å². The Morgan fingerprint density at radius 2 is 1.72 bits per heavy atom. The number of sulfonamides is 2.